The molecule has 0 aromatic heterocycles. The molecule has 0 spiro atoms. The first-order valence-electron chi connectivity index (χ1n) is 3.44. The van der Waals surface area contributed by atoms with Crippen LogP contribution in [-0.2, 0) is 0 Å². The van der Waals surface area contributed by atoms with Crippen molar-refractivity contribution in [2.75, 3.05) is 0 Å². The minimum Gasteiger partial charge on any atom is -0.387 e. The fourth-order valence-corrected chi connectivity index (χ4v) is 1.12. The van der Waals surface area contributed by atoms with Gasteiger partial charge in [-0.2, -0.15) is 0 Å². The van der Waals surface area contributed by atoms with Gasteiger partial charge < -0.3 is 20.4 Å². The maximum Gasteiger partial charge on any atom is 0.112 e. The van der Waals surface area contributed by atoms with Crippen LogP contribution in [0, 0.1) is 0 Å². The van der Waals surface area contributed by atoms with Crippen LogP contribution in [0.3, 0.4) is 0 Å². The Kier molecular flexibility index (Phi) is 2.29. The fraction of sp³-hybridized carbons (Fsp3) is 0.714. The van der Waals surface area contributed by atoms with Crippen molar-refractivity contribution >= 4 is 0 Å². The Hall–Kier alpha value is -0.420. The highest BCUT2D eigenvalue weighted by atomic mass is 16.4. The van der Waals surface area contributed by atoms with Crippen LogP contribution in [0.5, 0.6) is 0 Å². The van der Waals surface area contributed by atoms with E-state index in [0.29, 0.717) is 5.57 Å². The van der Waals surface area contributed by atoms with E-state index in [1.807, 2.05) is 0 Å². The number of hydrogen-bond donors (Lipinski definition) is 4. The quantitative estimate of drug-likeness (QED) is 0.321. The van der Waals surface area contributed by atoms with Crippen LogP contribution < -0.4 is 0 Å². The molecule has 4 atom stereocenters. The molecule has 0 aliphatic heterocycles. The Labute approximate surface area is 64.4 Å². The Morgan fingerprint density at radius 3 is 2.18 bits per heavy atom. The molecule has 1 aliphatic carbocycles. The van der Waals surface area contributed by atoms with Crippen molar-refractivity contribution in [1.82, 2.24) is 0 Å². The molecular formula is C7H12O4. The van der Waals surface area contributed by atoms with Gasteiger partial charge in [-0.1, -0.05) is 6.08 Å². The fourth-order valence-electron chi connectivity index (χ4n) is 1.12. The van der Waals surface area contributed by atoms with Gasteiger partial charge in [-0.05, 0) is 12.5 Å². The Morgan fingerprint density at radius 1 is 1.09 bits per heavy atom. The van der Waals surface area contributed by atoms with Crippen LogP contribution in [0.4, 0.5) is 0 Å². The Bertz CT molecular complexity index is 177. The highest BCUT2D eigenvalue weighted by Crippen LogP contribution is 2.19. The summed E-state index contributed by atoms with van der Waals surface area (Å²) in [5.41, 5.74) is 0.482. The van der Waals surface area contributed by atoms with Gasteiger partial charge >= 0.3 is 0 Å². The zero-order valence-corrected chi connectivity index (χ0v) is 6.18. The molecule has 4 nitrogen and oxygen atoms in total. The van der Waals surface area contributed by atoms with Crippen LogP contribution in [0.2, 0.25) is 0 Å². The van der Waals surface area contributed by atoms with Gasteiger partial charge in [0, 0.05) is 0 Å². The van der Waals surface area contributed by atoms with E-state index in [0.717, 1.165) is 0 Å². The lowest BCUT2D eigenvalue weighted by atomic mass is 9.91. The van der Waals surface area contributed by atoms with E-state index >= 15 is 0 Å². The third kappa shape index (κ3) is 1.44. The van der Waals surface area contributed by atoms with Crippen LogP contribution in [0.1, 0.15) is 6.92 Å². The Morgan fingerprint density at radius 2 is 1.64 bits per heavy atom. The first-order valence-corrected chi connectivity index (χ1v) is 3.44. The standard InChI is InChI=1S/C7H12O4/c1-3-2-4(8)6(10)7(11)5(3)9/h2,4-11H,1H3/t4-,5+,6-,7-/m0/s1. The highest BCUT2D eigenvalue weighted by molar-refractivity contribution is 5.17. The van der Waals surface area contributed by atoms with E-state index in [-0.39, 0.29) is 0 Å². The number of aliphatic hydroxyl groups is 4. The molecule has 0 aromatic carbocycles. The van der Waals surface area contributed by atoms with Crippen molar-refractivity contribution in [3.8, 4) is 0 Å². The van der Waals surface area contributed by atoms with Gasteiger partial charge in [0.15, 0.2) is 0 Å². The molecule has 0 aromatic rings. The molecule has 0 fully saturated rings. The molecule has 0 saturated heterocycles. The molecular weight excluding hydrogens is 148 g/mol. The second-order valence-electron chi connectivity index (χ2n) is 2.83. The summed E-state index contributed by atoms with van der Waals surface area (Å²) in [5, 5.41) is 36.3. The lowest BCUT2D eigenvalue weighted by Crippen LogP contribution is -2.47. The summed E-state index contributed by atoms with van der Waals surface area (Å²) in [7, 11) is 0. The summed E-state index contributed by atoms with van der Waals surface area (Å²) in [6.45, 7) is 1.59. The minimum absolute atomic E-state index is 0.482. The summed E-state index contributed by atoms with van der Waals surface area (Å²) < 4.78 is 0. The van der Waals surface area contributed by atoms with E-state index in [1.54, 1.807) is 6.92 Å². The average molecular weight is 160 g/mol. The largest absolute Gasteiger partial charge is 0.387 e. The van der Waals surface area contributed by atoms with Gasteiger partial charge in [0.25, 0.3) is 0 Å². The molecule has 0 radical (unpaired) electrons. The topological polar surface area (TPSA) is 80.9 Å². The number of rotatable bonds is 0. The molecule has 0 bridgehead atoms. The lowest BCUT2D eigenvalue weighted by Gasteiger charge is -2.30. The second kappa shape index (κ2) is 2.91. The molecule has 0 amide bonds. The van der Waals surface area contributed by atoms with E-state index in [1.165, 1.54) is 6.08 Å². The third-order valence-electron chi connectivity index (χ3n) is 1.92. The summed E-state index contributed by atoms with van der Waals surface area (Å²) >= 11 is 0. The zero-order chi connectivity index (χ0) is 8.59. The maximum atomic E-state index is 9.14. The van der Waals surface area contributed by atoms with Crippen molar-refractivity contribution in [1.29, 1.82) is 0 Å². The molecule has 0 saturated carbocycles. The predicted octanol–water partition coefficient (Wildman–Crippen LogP) is -1.61. The number of hydrogen-bond acceptors (Lipinski definition) is 4. The summed E-state index contributed by atoms with van der Waals surface area (Å²) in [6, 6.07) is 0. The summed E-state index contributed by atoms with van der Waals surface area (Å²) in [5.74, 6) is 0. The molecule has 64 valence electrons. The molecule has 4 heteroatoms. The summed E-state index contributed by atoms with van der Waals surface area (Å²) in [4.78, 5) is 0. The van der Waals surface area contributed by atoms with Crippen LogP contribution >= 0.6 is 0 Å². The molecule has 1 rings (SSSR count). The molecule has 0 heterocycles. The summed E-state index contributed by atoms with van der Waals surface area (Å²) in [6.07, 6.45) is -3.37. The lowest BCUT2D eigenvalue weighted by molar-refractivity contribution is -0.0924. The SMILES string of the molecule is CC1=C[C@H](O)[C@H](O)[C@@H](O)[C@@H]1O. The third-order valence-corrected chi connectivity index (χ3v) is 1.92. The Balaban J connectivity index is 2.83. The first kappa shape index (κ1) is 8.67. The first-order chi connectivity index (χ1) is 5.04. The van der Waals surface area contributed by atoms with Gasteiger partial charge in [0.2, 0.25) is 0 Å². The zero-order valence-electron chi connectivity index (χ0n) is 6.18. The van der Waals surface area contributed by atoms with E-state index in [2.05, 4.69) is 0 Å². The maximum absolute atomic E-state index is 9.14. The van der Waals surface area contributed by atoms with Gasteiger partial charge in [0.05, 0.1) is 0 Å². The van der Waals surface area contributed by atoms with E-state index in [4.69, 9.17) is 20.4 Å². The average Bonchev–Trinajstić information content (AvgIpc) is 1.97. The van der Waals surface area contributed by atoms with Gasteiger partial charge in [-0.3, -0.25) is 0 Å². The monoisotopic (exact) mass is 160 g/mol. The van der Waals surface area contributed by atoms with Crippen LogP contribution in [0.25, 0.3) is 0 Å². The van der Waals surface area contributed by atoms with Crippen molar-refractivity contribution < 1.29 is 20.4 Å². The smallest absolute Gasteiger partial charge is 0.112 e. The molecule has 0 unspecified atom stereocenters. The van der Waals surface area contributed by atoms with Crippen LogP contribution in [0.15, 0.2) is 11.6 Å². The predicted molar refractivity (Wildman–Crippen MR) is 37.8 cm³/mol. The molecule has 4 N–H and O–H groups in total. The van der Waals surface area contributed by atoms with Crippen molar-refractivity contribution in [2.24, 2.45) is 0 Å². The van der Waals surface area contributed by atoms with Crippen LogP contribution in [-0.4, -0.2) is 44.8 Å². The van der Waals surface area contributed by atoms with Gasteiger partial charge in [0.1, 0.15) is 24.4 Å². The van der Waals surface area contributed by atoms with E-state index in [9.17, 15) is 0 Å². The number of aliphatic hydroxyl groups excluding tert-OH is 4. The van der Waals surface area contributed by atoms with E-state index < -0.39 is 24.4 Å². The van der Waals surface area contributed by atoms with Crippen molar-refractivity contribution in [2.45, 2.75) is 31.3 Å². The van der Waals surface area contributed by atoms with Crippen molar-refractivity contribution in [3.63, 3.8) is 0 Å². The highest BCUT2D eigenvalue weighted by Gasteiger charge is 2.34. The minimum atomic E-state index is -1.28. The molecule has 11 heavy (non-hydrogen) atoms. The van der Waals surface area contributed by atoms with Gasteiger partial charge in [-0.15, -0.1) is 0 Å². The normalized spacial score (nSPS) is 45.4. The second-order valence-corrected chi connectivity index (χ2v) is 2.83. The van der Waals surface area contributed by atoms with Gasteiger partial charge in [-0.25, -0.2) is 0 Å². The van der Waals surface area contributed by atoms with Crippen molar-refractivity contribution in [3.05, 3.63) is 11.6 Å². The molecule has 1 aliphatic rings.